The van der Waals surface area contributed by atoms with Gasteiger partial charge in [-0.25, -0.2) is 0 Å². The Hall–Kier alpha value is -2.88. The van der Waals surface area contributed by atoms with Crippen molar-refractivity contribution < 1.29 is 4.79 Å². The summed E-state index contributed by atoms with van der Waals surface area (Å²) in [4.78, 5) is 14.7. The van der Waals surface area contributed by atoms with Gasteiger partial charge in [0.05, 0.1) is 17.0 Å². The first-order valence-corrected chi connectivity index (χ1v) is 7.50. The Bertz CT molecular complexity index is 774. The molecule has 2 aromatic carbocycles. The molecule has 2 aromatic rings. The monoisotopic (exact) mass is 305 g/mol. The Kier molecular flexibility index (Phi) is 3.98. The standard InChI is InChI=1S/C19H19N3O/c1-14-18(13-15-9-11-16(12-10-15)21(2)3)19(23)22(20-14)17-7-5-4-6-8-17/h4-13H,1-3H3/b18-13-. The molecule has 0 N–H and O–H groups in total. The first kappa shape index (κ1) is 15.0. The second kappa shape index (κ2) is 6.08. The van der Waals surface area contributed by atoms with E-state index in [4.69, 9.17) is 0 Å². The molecule has 0 fully saturated rings. The lowest BCUT2D eigenvalue weighted by atomic mass is 10.1. The van der Waals surface area contributed by atoms with Crippen LogP contribution in [0.5, 0.6) is 0 Å². The number of rotatable bonds is 3. The number of benzene rings is 2. The first-order valence-electron chi connectivity index (χ1n) is 7.50. The normalized spacial score (nSPS) is 16.0. The summed E-state index contributed by atoms with van der Waals surface area (Å²) in [5.41, 5.74) is 4.26. The van der Waals surface area contributed by atoms with E-state index in [9.17, 15) is 4.79 Å². The van der Waals surface area contributed by atoms with E-state index in [1.54, 1.807) is 0 Å². The van der Waals surface area contributed by atoms with Crippen molar-refractivity contribution in [3.05, 3.63) is 65.7 Å². The number of anilines is 2. The highest BCUT2D eigenvalue weighted by atomic mass is 16.2. The van der Waals surface area contributed by atoms with Gasteiger partial charge >= 0.3 is 0 Å². The van der Waals surface area contributed by atoms with Gasteiger partial charge in [0.1, 0.15) is 0 Å². The average Bonchev–Trinajstić information content (AvgIpc) is 2.84. The quantitative estimate of drug-likeness (QED) is 0.813. The average molecular weight is 305 g/mol. The number of nitrogens with zero attached hydrogens (tertiary/aromatic N) is 3. The third-order valence-electron chi connectivity index (χ3n) is 3.78. The van der Waals surface area contributed by atoms with Crippen LogP contribution in [0.3, 0.4) is 0 Å². The van der Waals surface area contributed by atoms with E-state index < -0.39 is 0 Å². The fourth-order valence-corrected chi connectivity index (χ4v) is 2.46. The van der Waals surface area contributed by atoms with Crippen LogP contribution >= 0.6 is 0 Å². The summed E-state index contributed by atoms with van der Waals surface area (Å²) in [6, 6.07) is 17.6. The number of carbonyl (C=O) groups excluding carboxylic acids is 1. The van der Waals surface area contributed by atoms with Crippen LogP contribution in [-0.2, 0) is 4.79 Å². The highest BCUT2D eigenvalue weighted by Crippen LogP contribution is 2.25. The lowest BCUT2D eigenvalue weighted by Gasteiger charge is -2.12. The molecule has 0 saturated heterocycles. The van der Waals surface area contributed by atoms with Crippen LogP contribution in [0, 0.1) is 0 Å². The van der Waals surface area contributed by atoms with Crippen molar-refractivity contribution in [2.24, 2.45) is 5.10 Å². The van der Waals surface area contributed by atoms with Gasteiger partial charge in [-0.15, -0.1) is 0 Å². The Morgan fingerprint density at radius 1 is 1.00 bits per heavy atom. The van der Waals surface area contributed by atoms with Gasteiger partial charge in [0.2, 0.25) is 0 Å². The topological polar surface area (TPSA) is 35.9 Å². The van der Waals surface area contributed by atoms with E-state index in [1.165, 1.54) is 5.01 Å². The Morgan fingerprint density at radius 3 is 2.26 bits per heavy atom. The molecule has 23 heavy (non-hydrogen) atoms. The third kappa shape index (κ3) is 3.01. The summed E-state index contributed by atoms with van der Waals surface area (Å²) in [6.45, 7) is 1.86. The molecule has 4 heteroatoms. The molecule has 0 aromatic heterocycles. The molecular weight excluding hydrogens is 286 g/mol. The lowest BCUT2D eigenvalue weighted by Crippen LogP contribution is -2.21. The molecule has 0 aliphatic carbocycles. The summed E-state index contributed by atoms with van der Waals surface area (Å²) in [7, 11) is 4.00. The van der Waals surface area contributed by atoms with Gasteiger partial charge in [-0.05, 0) is 42.8 Å². The van der Waals surface area contributed by atoms with E-state index in [-0.39, 0.29) is 5.91 Å². The zero-order valence-corrected chi connectivity index (χ0v) is 13.5. The molecule has 0 saturated carbocycles. The molecule has 1 amide bonds. The number of para-hydroxylation sites is 1. The third-order valence-corrected chi connectivity index (χ3v) is 3.78. The van der Waals surface area contributed by atoms with Gasteiger partial charge < -0.3 is 4.90 Å². The number of amides is 1. The molecule has 0 spiro atoms. The summed E-state index contributed by atoms with van der Waals surface area (Å²) in [5, 5.41) is 5.84. The van der Waals surface area contributed by atoms with Crippen LogP contribution in [-0.4, -0.2) is 25.7 Å². The summed E-state index contributed by atoms with van der Waals surface area (Å²) in [6.07, 6.45) is 1.89. The molecule has 1 heterocycles. The van der Waals surface area contributed by atoms with Gasteiger partial charge in [-0.1, -0.05) is 30.3 Å². The lowest BCUT2D eigenvalue weighted by molar-refractivity contribution is -0.114. The minimum Gasteiger partial charge on any atom is -0.378 e. The minimum atomic E-state index is -0.0922. The Labute approximate surface area is 136 Å². The van der Waals surface area contributed by atoms with Crippen LogP contribution < -0.4 is 9.91 Å². The second-order valence-corrected chi connectivity index (χ2v) is 5.68. The zero-order chi connectivity index (χ0) is 16.4. The number of hydrogen-bond acceptors (Lipinski definition) is 3. The molecule has 1 aliphatic rings. The molecule has 4 nitrogen and oxygen atoms in total. The highest BCUT2D eigenvalue weighted by molar-refractivity contribution is 6.32. The fourth-order valence-electron chi connectivity index (χ4n) is 2.46. The molecule has 1 aliphatic heterocycles. The van der Waals surface area contributed by atoms with Crippen LogP contribution in [0.4, 0.5) is 11.4 Å². The zero-order valence-electron chi connectivity index (χ0n) is 13.5. The summed E-state index contributed by atoms with van der Waals surface area (Å²) >= 11 is 0. The van der Waals surface area contributed by atoms with Crippen molar-refractivity contribution in [3.63, 3.8) is 0 Å². The van der Waals surface area contributed by atoms with E-state index in [2.05, 4.69) is 5.10 Å². The molecule has 0 unspecified atom stereocenters. The van der Waals surface area contributed by atoms with Gasteiger partial charge in [-0.2, -0.15) is 10.1 Å². The van der Waals surface area contributed by atoms with E-state index >= 15 is 0 Å². The molecular formula is C19H19N3O. The predicted octanol–water partition coefficient (Wildman–Crippen LogP) is 3.56. The fraction of sp³-hybridized carbons (Fsp3) is 0.158. The van der Waals surface area contributed by atoms with E-state index in [1.807, 2.05) is 86.6 Å². The number of carbonyl (C=O) groups is 1. The molecule has 116 valence electrons. The van der Waals surface area contributed by atoms with E-state index in [0.29, 0.717) is 5.57 Å². The molecule has 0 radical (unpaired) electrons. The smallest absolute Gasteiger partial charge is 0.280 e. The molecule has 3 rings (SSSR count). The van der Waals surface area contributed by atoms with Crippen molar-refractivity contribution in [2.75, 3.05) is 24.0 Å². The van der Waals surface area contributed by atoms with Gasteiger partial charge in [-0.3, -0.25) is 4.79 Å². The van der Waals surface area contributed by atoms with Gasteiger partial charge in [0.25, 0.3) is 5.91 Å². The van der Waals surface area contributed by atoms with Crippen LogP contribution in [0.15, 0.2) is 65.3 Å². The van der Waals surface area contributed by atoms with E-state index in [0.717, 1.165) is 22.6 Å². The van der Waals surface area contributed by atoms with Gasteiger partial charge in [0, 0.05) is 19.8 Å². The maximum Gasteiger partial charge on any atom is 0.280 e. The number of hydrogen-bond donors (Lipinski definition) is 0. The minimum absolute atomic E-state index is 0.0922. The van der Waals surface area contributed by atoms with Crippen molar-refractivity contribution in [2.45, 2.75) is 6.92 Å². The van der Waals surface area contributed by atoms with Crippen LogP contribution in [0.2, 0.25) is 0 Å². The van der Waals surface area contributed by atoms with Crippen molar-refractivity contribution >= 4 is 29.1 Å². The number of hydrazone groups is 1. The van der Waals surface area contributed by atoms with Crippen LogP contribution in [0.1, 0.15) is 12.5 Å². The summed E-state index contributed by atoms with van der Waals surface area (Å²) in [5.74, 6) is -0.0922. The Balaban J connectivity index is 1.89. The van der Waals surface area contributed by atoms with Crippen molar-refractivity contribution in [3.8, 4) is 0 Å². The SMILES string of the molecule is CC1=NN(c2ccccc2)C(=O)/C1=C\c1ccc(N(C)C)cc1. The maximum atomic E-state index is 12.6. The van der Waals surface area contributed by atoms with Crippen molar-refractivity contribution in [1.82, 2.24) is 0 Å². The largest absolute Gasteiger partial charge is 0.378 e. The highest BCUT2D eigenvalue weighted by Gasteiger charge is 2.28. The van der Waals surface area contributed by atoms with Crippen molar-refractivity contribution in [1.29, 1.82) is 0 Å². The Morgan fingerprint density at radius 2 is 1.65 bits per heavy atom. The predicted molar refractivity (Wildman–Crippen MR) is 95.8 cm³/mol. The molecule has 0 atom stereocenters. The molecule has 0 bridgehead atoms. The van der Waals surface area contributed by atoms with Crippen LogP contribution in [0.25, 0.3) is 6.08 Å². The summed E-state index contributed by atoms with van der Waals surface area (Å²) < 4.78 is 0. The maximum absolute atomic E-state index is 12.6. The second-order valence-electron chi connectivity index (χ2n) is 5.68. The van der Waals surface area contributed by atoms with Gasteiger partial charge in [0.15, 0.2) is 0 Å². The first-order chi connectivity index (χ1) is 11.1.